The van der Waals surface area contributed by atoms with Crippen molar-refractivity contribution in [2.45, 2.75) is 25.9 Å². The van der Waals surface area contributed by atoms with Crippen molar-refractivity contribution in [2.75, 3.05) is 27.2 Å². The van der Waals surface area contributed by atoms with Crippen molar-refractivity contribution in [2.24, 2.45) is 0 Å². The molecule has 0 saturated carbocycles. The van der Waals surface area contributed by atoms with Crippen molar-refractivity contribution in [3.05, 3.63) is 29.8 Å². The van der Waals surface area contributed by atoms with Crippen LogP contribution in [0.2, 0.25) is 0 Å². The maximum Gasteiger partial charge on any atom is 0.118 e. The molecule has 3 heteroatoms. The third kappa shape index (κ3) is 5.71. The fourth-order valence-corrected chi connectivity index (χ4v) is 1.63. The van der Waals surface area contributed by atoms with Crippen molar-refractivity contribution in [1.29, 1.82) is 0 Å². The van der Waals surface area contributed by atoms with Gasteiger partial charge in [-0.3, -0.25) is 0 Å². The zero-order chi connectivity index (χ0) is 12.7. The summed E-state index contributed by atoms with van der Waals surface area (Å²) in [6.45, 7) is 3.78. The number of aliphatic hydroxyl groups is 1. The first-order chi connectivity index (χ1) is 8.11. The van der Waals surface area contributed by atoms with E-state index in [1.807, 2.05) is 19.1 Å². The zero-order valence-electron chi connectivity index (χ0n) is 11.0. The maximum absolute atomic E-state index is 9.20. The van der Waals surface area contributed by atoms with Crippen LogP contribution in [0.15, 0.2) is 24.3 Å². The molecule has 0 fully saturated rings. The van der Waals surface area contributed by atoms with Gasteiger partial charge in [-0.1, -0.05) is 12.1 Å². The number of benzene rings is 1. The lowest BCUT2D eigenvalue weighted by atomic mass is 10.1. The van der Waals surface area contributed by atoms with Crippen molar-refractivity contribution < 1.29 is 9.84 Å². The van der Waals surface area contributed by atoms with Crippen LogP contribution in [-0.2, 0) is 6.42 Å². The lowest BCUT2D eigenvalue weighted by Crippen LogP contribution is -2.24. The summed E-state index contributed by atoms with van der Waals surface area (Å²) in [6, 6.07) is 8.18. The monoisotopic (exact) mass is 237 g/mol. The molecule has 1 N–H and O–H groups in total. The molecule has 0 aromatic heterocycles. The van der Waals surface area contributed by atoms with Crippen LogP contribution < -0.4 is 4.74 Å². The Morgan fingerprint density at radius 2 is 1.88 bits per heavy atom. The molecule has 0 aliphatic heterocycles. The van der Waals surface area contributed by atoms with Gasteiger partial charge in [0.25, 0.3) is 0 Å². The second-order valence-electron chi connectivity index (χ2n) is 4.54. The molecular formula is C14H23NO2. The summed E-state index contributed by atoms with van der Waals surface area (Å²) >= 11 is 0. The van der Waals surface area contributed by atoms with Gasteiger partial charge in [-0.05, 0) is 44.5 Å². The maximum atomic E-state index is 9.20. The summed E-state index contributed by atoms with van der Waals surface area (Å²) in [4.78, 5) is 2.25. The molecule has 0 aliphatic rings. The van der Waals surface area contributed by atoms with Crippen LogP contribution in [0.4, 0.5) is 0 Å². The van der Waals surface area contributed by atoms with E-state index in [1.54, 1.807) is 7.11 Å². The Labute approximate surface area is 104 Å². The van der Waals surface area contributed by atoms with Crippen molar-refractivity contribution in [3.63, 3.8) is 0 Å². The number of ether oxygens (including phenoxy) is 1. The van der Waals surface area contributed by atoms with Crippen LogP contribution in [0.5, 0.6) is 5.75 Å². The van der Waals surface area contributed by atoms with E-state index in [2.05, 4.69) is 24.1 Å². The van der Waals surface area contributed by atoms with Gasteiger partial charge in [0.05, 0.1) is 13.2 Å². The third-order valence-electron chi connectivity index (χ3n) is 2.87. The SMILES string of the molecule is COc1ccc(CCN(C)CCC(C)O)cc1. The predicted molar refractivity (Wildman–Crippen MR) is 70.5 cm³/mol. The molecule has 0 radical (unpaired) electrons. The van der Waals surface area contributed by atoms with Crippen LogP contribution in [0.1, 0.15) is 18.9 Å². The minimum absolute atomic E-state index is 0.210. The number of hydrogen-bond acceptors (Lipinski definition) is 3. The Bertz CT molecular complexity index is 309. The predicted octanol–water partition coefficient (Wildman–Crippen LogP) is 1.94. The molecule has 0 amide bonds. The minimum atomic E-state index is -0.210. The Morgan fingerprint density at radius 1 is 1.24 bits per heavy atom. The summed E-state index contributed by atoms with van der Waals surface area (Å²) in [5.41, 5.74) is 1.31. The average molecular weight is 237 g/mol. The quantitative estimate of drug-likeness (QED) is 0.786. The number of rotatable bonds is 7. The molecule has 0 aliphatic carbocycles. The summed E-state index contributed by atoms with van der Waals surface area (Å²) in [6.07, 6.45) is 1.65. The highest BCUT2D eigenvalue weighted by Gasteiger charge is 2.02. The highest BCUT2D eigenvalue weighted by atomic mass is 16.5. The van der Waals surface area contributed by atoms with Gasteiger partial charge in [-0.25, -0.2) is 0 Å². The summed E-state index contributed by atoms with van der Waals surface area (Å²) in [5.74, 6) is 0.899. The first-order valence-corrected chi connectivity index (χ1v) is 6.11. The minimum Gasteiger partial charge on any atom is -0.497 e. The molecule has 1 rings (SSSR count). The molecule has 1 atom stereocenters. The van der Waals surface area contributed by atoms with Gasteiger partial charge in [0.15, 0.2) is 0 Å². The highest BCUT2D eigenvalue weighted by Crippen LogP contribution is 2.11. The number of likely N-dealkylation sites (N-methyl/N-ethyl adjacent to an activating group) is 1. The topological polar surface area (TPSA) is 32.7 Å². The standard InChI is InChI=1S/C14H23NO2/c1-12(16)8-10-15(2)11-9-13-4-6-14(17-3)7-5-13/h4-7,12,16H,8-11H2,1-3H3. The van der Waals surface area contributed by atoms with Gasteiger partial charge in [0, 0.05) is 13.1 Å². The van der Waals surface area contributed by atoms with Gasteiger partial charge in [-0.15, -0.1) is 0 Å². The Kier molecular flexibility index (Phi) is 6.01. The van der Waals surface area contributed by atoms with Gasteiger partial charge in [0.1, 0.15) is 5.75 Å². The highest BCUT2D eigenvalue weighted by molar-refractivity contribution is 5.27. The van der Waals surface area contributed by atoms with Crippen LogP contribution in [-0.4, -0.2) is 43.4 Å². The van der Waals surface area contributed by atoms with E-state index in [0.29, 0.717) is 0 Å². The van der Waals surface area contributed by atoms with Crippen molar-refractivity contribution in [3.8, 4) is 5.75 Å². The molecule has 1 unspecified atom stereocenters. The van der Waals surface area contributed by atoms with Gasteiger partial charge in [-0.2, -0.15) is 0 Å². The molecule has 1 aromatic carbocycles. The lowest BCUT2D eigenvalue weighted by Gasteiger charge is -2.17. The van der Waals surface area contributed by atoms with E-state index in [9.17, 15) is 5.11 Å². The summed E-state index contributed by atoms with van der Waals surface area (Å²) < 4.78 is 5.12. The Hall–Kier alpha value is -1.06. The Morgan fingerprint density at radius 3 is 2.41 bits per heavy atom. The lowest BCUT2D eigenvalue weighted by molar-refractivity contribution is 0.165. The second kappa shape index (κ2) is 7.30. The molecule has 1 aromatic rings. The second-order valence-corrected chi connectivity index (χ2v) is 4.54. The van der Waals surface area contributed by atoms with Crippen LogP contribution in [0.25, 0.3) is 0 Å². The molecule has 17 heavy (non-hydrogen) atoms. The van der Waals surface area contributed by atoms with Gasteiger partial charge >= 0.3 is 0 Å². The molecule has 0 saturated heterocycles. The van der Waals surface area contributed by atoms with Gasteiger partial charge < -0.3 is 14.7 Å². The largest absolute Gasteiger partial charge is 0.497 e. The molecule has 0 heterocycles. The van der Waals surface area contributed by atoms with Crippen LogP contribution in [0, 0.1) is 0 Å². The van der Waals surface area contributed by atoms with E-state index in [-0.39, 0.29) is 6.10 Å². The van der Waals surface area contributed by atoms with E-state index < -0.39 is 0 Å². The van der Waals surface area contributed by atoms with Crippen LogP contribution in [0.3, 0.4) is 0 Å². The number of nitrogens with zero attached hydrogens (tertiary/aromatic N) is 1. The normalized spacial score (nSPS) is 12.8. The van der Waals surface area contributed by atoms with Gasteiger partial charge in [0.2, 0.25) is 0 Å². The fraction of sp³-hybridized carbons (Fsp3) is 0.571. The third-order valence-corrected chi connectivity index (χ3v) is 2.87. The number of aliphatic hydroxyl groups excluding tert-OH is 1. The summed E-state index contributed by atoms with van der Waals surface area (Å²) in [5, 5.41) is 9.20. The Balaban J connectivity index is 2.29. The first-order valence-electron chi connectivity index (χ1n) is 6.11. The smallest absolute Gasteiger partial charge is 0.118 e. The van der Waals surface area contributed by atoms with E-state index in [4.69, 9.17) is 4.74 Å². The van der Waals surface area contributed by atoms with Crippen molar-refractivity contribution >= 4 is 0 Å². The van der Waals surface area contributed by atoms with E-state index in [1.165, 1.54) is 5.56 Å². The first kappa shape index (κ1) is 14.0. The van der Waals surface area contributed by atoms with E-state index >= 15 is 0 Å². The fourth-order valence-electron chi connectivity index (χ4n) is 1.63. The molecule has 0 spiro atoms. The number of hydrogen-bond donors (Lipinski definition) is 1. The van der Waals surface area contributed by atoms with E-state index in [0.717, 1.165) is 31.7 Å². The van der Waals surface area contributed by atoms with Crippen molar-refractivity contribution in [1.82, 2.24) is 4.90 Å². The average Bonchev–Trinajstić information content (AvgIpc) is 2.34. The molecule has 0 bridgehead atoms. The zero-order valence-corrected chi connectivity index (χ0v) is 11.0. The van der Waals surface area contributed by atoms with Crippen LogP contribution >= 0.6 is 0 Å². The molecular weight excluding hydrogens is 214 g/mol. The summed E-state index contributed by atoms with van der Waals surface area (Å²) in [7, 11) is 3.77. The molecule has 3 nitrogen and oxygen atoms in total. The molecule has 96 valence electrons. The number of methoxy groups -OCH3 is 1.